The van der Waals surface area contributed by atoms with Crippen LogP contribution < -0.4 is 15.4 Å². The van der Waals surface area contributed by atoms with Crippen molar-refractivity contribution in [3.63, 3.8) is 0 Å². The maximum atomic E-state index is 8.99. The average molecular weight is 366 g/mol. The molecule has 0 aliphatic heterocycles. The number of rotatable bonds is 5. The molecular weight excluding hydrogens is 350 g/mol. The first-order valence-electron chi connectivity index (χ1n) is 7.79. The van der Waals surface area contributed by atoms with Gasteiger partial charge in [0.2, 0.25) is 0 Å². The van der Waals surface area contributed by atoms with E-state index in [-0.39, 0.29) is 0 Å². The Kier molecular flexibility index (Phi) is 5.20. The minimum absolute atomic E-state index is 0.573. The molecule has 2 N–H and O–H groups in total. The number of benzene rings is 2. The smallest absolute Gasteiger partial charge is 0.143 e. The third-order valence-corrected chi connectivity index (χ3v) is 4.08. The summed E-state index contributed by atoms with van der Waals surface area (Å²) < 4.78 is 5.37. The van der Waals surface area contributed by atoms with Crippen molar-refractivity contribution in [2.75, 3.05) is 17.7 Å². The molecule has 3 rings (SSSR count). The van der Waals surface area contributed by atoms with Gasteiger partial charge in [0, 0.05) is 22.8 Å². The van der Waals surface area contributed by atoms with Crippen LogP contribution >= 0.6 is 11.6 Å². The Labute approximate surface area is 156 Å². The number of anilines is 4. The fourth-order valence-electron chi connectivity index (χ4n) is 2.38. The largest absolute Gasteiger partial charge is 0.495 e. The number of nitriles is 1. The van der Waals surface area contributed by atoms with Crippen LogP contribution in [0.1, 0.15) is 11.1 Å². The van der Waals surface area contributed by atoms with Gasteiger partial charge in [0.25, 0.3) is 0 Å². The molecule has 0 unspecified atom stereocenters. The lowest BCUT2D eigenvalue weighted by atomic mass is 10.2. The van der Waals surface area contributed by atoms with Crippen molar-refractivity contribution < 1.29 is 4.74 Å². The summed E-state index contributed by atoms with van der Waals surface area (Å²) in [5.41, 5.74) is 3.03. The second-order valence-corrected chi connectivity index (χ2v) is 5.94. The number of aryl methyl sites for hydroxylation is 1. The van der Waals surface area contributed by atoms with E-state index >= 15 is 0 Å². The highest BCUT2D eigenvalue weighted by Gasteiger charge is 2.09. The molecule has 3 aromatic rings. The molecule has 130 valence electrons. The number of aromatic nitrogens is 2. The Bertz CT molecular complexity index is 984. The third-order valence-electron chi connectivity index (χ3n) is 3.67. The van der Waals surface area contributed by atoms with Crippen LogP contribution in [0.3, 0.4) is 0 Å². The summed E-state index contributed by atoms with van der Waals surface area (Å²) in [7, 11) is 1.58. The summed E-state index contributed by atoms with van der Waals surface area (Å²) in [6.45, 7) is 1.92. The quantitative estimate of drug-likeness (QED) is 0.675. The molecule has 0 saturated heterocycles. The lowest BCUT2D eigenvalue weighted by Gasteiger charge is -2.13. The van der Waals surface area contributed by atoms with Gasteiger partial charge in [-0.2, -0.15) is 5.26 Å². The van der Waals surface area contributed by atoms with Crippen molar-refractivity contribution in [2.24, 2.45) is 0 Å². The van der Waals surface area contributed by atoms with E-state index in [1.165, 1.54) is 6.33 Å². The molecular formula is C19H16ClN5O. The molecule has 2 aromatic carbocycles. The number of nitrogens with one attached hydrogen (secondary N) is 2. The van der Waals surface area contributed by atoms with Gasteiger partial charge in [-0.05, 0) is 36.8 Å². The van der Waals surface area contributed by atoms with E-state index in [0.717, 1.165) is 16.9 Å². The Morgan fingerprint density at radius 3 is 2.58 bits per heavy atom. The topological polar surface area (TPSA) is 82.9 Å². The van der Waals surface area contributed by atoms with Gasteiger partial charge >= 0.3 is 0 Å². The van der Waals surface area contributed by atoms with E-state index in [1.807, 2.05) is 25.1 Å². The van der Waals surface area contributed by atoms with E-state index < -0.39 is 0 Å². The molecule has 0 aliphatic carbocycles. The first-order valence-corrected chi connectivity index (χ1v) is 8.17. The predicted molar refractivity (Wildman–Crippen MR) is 102 cm³/mol. The van der Waals surface area contributed by atoms with E-state index in [1.54, 1.807) is 31.4 Å². The van der Waals surface area contributed by atoms with Crippen molar-refractivity contribution in [1.82, 2.24) is 9.97 Å². The van der Waals surface area contributed by atoms with Crippen LogP contribution in [0.25, 0.3) is 0 Å². The van der Waals surface area contributed by atoms with Gasteiger partial charge in [0.05, 0.1) is 24.4 Å². The van der Waals surface area contributed by atoms with Crippen LogP contribution in [0.4, 0.5) is 23.0 Å². The van der Waals surface area contributed by atoms with Crippen molar-refractivity contribution in [3.05, 3.63) is 64.9 Å². The van der Waals surface area contributed by atoms with Crippen molar-refractivity contribution >= 4 is 34.6 Å². The van der Waals surface area contributed by atoms with Crippen LogP contribution in [-0.2, 0) is 0 Å². The van der Waals surface area contributed by atoms with Gasteiger partial charge in [-0.25, -0.2) is 9.97 Å². The summed E-state index contributed by atoms with van der Waals surface area (Å²) in [6.07, 6.45) is 1.45. The number of nitrogens with zero attached hydrogens (tertiary/aromatic N) is 3. The minimum atomic E-state index is 0.573. The fraction of sp³-hybridized carbons (Fsp3) is 0.105. The van der Waals surface area contributed by atoms with E-state index in [9.17, 15) is 0 Å². The lowest BCUT2D eigenvalue weighted by Crippen LogP contribution is -2.00. The molecule has 1 aromatic heterocycles. The Hall–Kier alpha value is -3.30. The summed E-state index contributed by atoms with van der Waals surface area (Å²) in [5.74, 6) is 1.82. The molecule has 0 amide bonds. The van der Waals surface area contributed by atoms with E-state index in [2.05, 4.69) is 26.7 Å². The Balaban J connectivity index is 1.84. The molecule has 0 fully saturated rings. The molecule has 26 heavy (non-hydrogen) atoms. The fourth-order valence-corrected chi connectivity index (χ4v) is 2.53. The zero-order valence-corrected chi connectivity index (χ0v) is 15.0. The highest BCUT2D eigenvalue weighted by atomic mass is 35.5. The zero-order valence-electron chi connectivity index (χ0n) is 14.2. The highest BCUT2D eigenvalue weighted by molar-refractivity contribution is 6.31. The van der Waals surface area contributed by atoms with Crippen LogP contribution in [-0.4, -0.2) is 17.1 Å². The second kappa shape index (κ2) is 7.72. The maximum absolute atomic E-state index is 8.99. The summed E-state index contributed by atoms with van der Waals surface area (Å²) in [4.78, 5) is 8.44. The standard InChI is InChI=1S/C19H16ClN5O/c1-12-6-16(17(26-2)8-15(12)20)25-19-9-18(22-11-23-19)24-14-5-3-4-13(7-14)10-21/h3-9,11H,1-2H3,(H2,22,23,24,25). The highest BCUT2D eigenvalue weighted by Crippen LogP contribution is 2.33. The minimum Gasteiger partial charge on any atom is -0.495 e. The molecule has 6 nitrogen and oxygen atoms in total. The molecule has 0 atom stereocenters. The van der Waals surface area contributed by atoms with E-state index in [4.69, 9.17) is 21.6 Å². The Morgan fingerprint density at radius 1 is 1.08 bits per heavy atom. The van der Waals surface area contributed by atoms with E-state index in [0.29, 0.717) is 28.0 Å². The van der Waals surface area contributed by atoms with Crippen LogP contribution in [0.15, 0.2) is 48.8 Å². The molecule has 0 saturated carbocycles. The number of hydrogen-bond donors (Lipinski definition) is 2. The molecule has 0 bridgehead atoms. The SMILES string of the molecule is COc1cc(Cl)c(C)cc1Nc1cc(Nc2cccc(C#N)c2)ncn1. The van der Waals surface area contributed by atoms with Gasteiger partial charge in [0.1, 0.15) is 23.7 Å². The lowest BCUT2D eigenvalue weighted by molar-refractivity contribution is 0.416. The van der Waals surface area contributed by atoms with Gasteiger partial charge in [-0.1, -0.05) is 17.7 Å². The van der Waals surface area contributed by atoms with Crippen molar-refractivity contribution in [2.45, 2.75) is 6.92 Å². The molecule has 0 aliphatic rings. The van der Waals surface area contributed by atoms with Gasteiger partial charge in [-0.3, -0.25) is 0 Å². The van der Waals surface area contributed by atoms with Gasteiger partial charge in [-0.15, -0.1) is 0 Å². The maximum Gasteiger partial charge on any atom is 0.143 e. The van der Waals surface area contributed by atoms with Gasteiger partial charge in [0.15, 0.2) is 0 Å². The third kappa shape index (κ3) is 4.02. The van der Waals surface area contributed by atoms with Crippen LogP contribution in [0.2, 0.25) is 5.02 Å². The summed E-state index contributed by atoms with van der Waals surface area (Å²) in [5, 5.41) is 16.0. The second-order valence-electron chi connectivity index (χ2n) is 5.53. The van der Waals surface area contributed by atoms with Crippen molar-refractivity contribution in [1.29, 1.82) is 5.26 Å². The first-order chi connectivity index (χ1) is 12.6. The Morgan fingerprint density at radius 2 is 1.85 bits per heavy atom. The predicted octanol–water partition coefficient (Wildman–Crippen LogP) is 4.81. The molecule has 0 spiro atoms. The average Bonchev–Trinajstić information content (AvgIpc) is 2.65. The summed E-state index contributed by atoms with van der Waals surface area (Å²) >= 11 is 6.14. The monoisotopic (exact) mass is 365 g/mol. The number of halogens is 1. The van der Waals surface area contributed by atoms with Crippen molar-refractivity contribution in [3.8, 4) is 11.8 Å². The number of hydrogen-bond acceptors (Lipinski definition) is 6. The summed E-state index contributed by atoms with van der Waals surface area (Å²) in [6, 6.07) is 14.7. The van der Waals surface area contributed by atoms with Gasteiger partial charge < -0.3 is 15.4 Å². The number of methoxy groups -OCH3 is 1. The molecule has 0 radical (unpaired) electrons. The molecule has 1 heterocycles. The zero-order chi connectivity index (χ0) is 18.5. The normalized spacial score (nSPS) is 10.1. The first kappa shape index (κ1) is 17.5. The number of ether oxygens (including phenoxy) is 1. The van der Waals surface area contributed by atoms with Crippen LogP contribution in [0.5, 0.6) is 5.75 Å². The van der Waals surface area contributed by atoms with Crippen LogP contribution in [0, 0.1) is 18.3 Å². The molecule has 7 heteroatoms.